The third kappa shape index (κ3) is 5.63. The van der Waals surface area contributed by atoms with E-state index in [4.69, 9.17) is 19.4 Å². The zero-order chi connectivity index (χ0) is 28.8. The lowest BCUT2D eigenvalue weighted by atomic mass is 9.84. The van der Waals surface area contributed by atoms with Gasteiger partial charge < -0.3 is 24.7 Å². The number of cyclic esters (lactones) is 1. The lowest BCUT2D eigenvalue weighted by Gasteiger charge is -2.36. The largest absolute Gasteiger partial charge is 0.598 e. The third-order valence-corrected chi connectivity index (χ3v) is 9.34. The van der Waals surface area contributed by atoms with Crippen LogP contribution in [0.4, 0.5) is 11.6 Å². The zero-order valence-electron chi connectivity index (χ0n) is 24.3. The Balaban J connectivity index is 1.52. The van der Waals surface area contributed by atoms with Crippen molar-refractivity contribution in [1.82, 2.24) is 20.0 Å². The van der Waals surface area contributed by atoms with E-state index in [0.29, 0.717) is 22.9 Å². The Morgan fingerprint density at radius 2 is 1.95 bits per heavy atom. The van der Waals surface area contributed by atoms with Crippen LogP contribution in [0.2, 0.25) is 0 Å². The Kier molecular flexibility index (Phi) is 7.73. The molecule has 0 saturated carbocycles. The minimum Gasteiger partial charge on any atom is -0.598 e. The molecule has 2 aliphatic heterocycles. The third-order valence-electron chi connectivity index (χ3n) is 7.73. The number of benzene rings is 1. The molecule has 0 aliphatic carbocycles. The summed E-state index contributed by atoms with van der Waals surface area (Å²) in [5.41, 5.74) is 1.57. The van der Waals surface area contributed by atoms with Crippen LogP contribution >= 0.6 is 0 Å². The van der Waals surface area contributed by atoms with E-state index in [1.807, 2.05) is 59.9 Å². The molecule has 3 atom stereocenters. The fourth-order valence-corrected chi connectivity index (χ4v) is 5.70. The van der Waals surface area contributed by atoms with Crippen molar-refractivity contribution in [2.45, 2.75) is 83.3 Å². The number of nitrogens with zero attached hydrogens (tertiary/aromatic N) is 2. The summed E-state index contributed by atoms with van der Waals surface area (Å²) in [6.45, 7) is 15.4. The molecule has 0 radical (unpaired) electrons. The summed E-state index contributed by atoms with van der Waals surface area (Å²) in [5.74, 6) is 1.55. The summed E-state index contributed by atoms with van der Waals surface area (Å²) in [6.07, 6.45) is 2.69. The fourth-order valence-electron chi connectivity index (χ4n) is 4.80. The average molecular weight is 566 g/mol. The maximum atomic E-state index is 13.0. The molecule has 1 fully saturated rings. The van der Waals surface area contributed by atoms with Crippen molar-refractivity contribution in [2.75, 3.05) is 18.4 Å². The lowest BCUT2D eigenvalue weighted by molar-refractivity contribution is -0.0189. The summed E-state index contributed by atoms with van der Waals surface area (Å²) in [4.78, 5) is 22.0. The van der Waals surface area contributed by atoms with Gasteiger partial charge in [0.1, 0.15) is 33.8 Å². The maximum absolute atomic E-state index is 13.0. The Hall–Kier alpha value is -2.92. The second-order valence-electron chi connectivity index (χ2n) is 12.1. The summed E-state index contributed by atoms with van der Waals surface area (Å²) < 4.78 is 27.9. The molecule has 4 heterocycles. The van der Waals surface area contributed by atoms with Crippen molar-refractivity contribution in [1.29, 1.82) is 0 Å². The number of hydrogen-bond acceptors (Lipinski definition) is 9. The molecule has 0 spiro atoms. The van der Waals surface area contributed by atoms with E-state index in [-0.39, 0.29) is 24.0 Å². The van der Waals surface area contributed by atoms with E-state index >= 15 is 0 Å². The van der Waals surface area contributed by atoms with Crippen molar-refractivity contribution >= 4 is 39.7 Å². The van der Waals surface area contributed by atoms with E-state index in [1.54, 1.807) is 12.1 Å². The predicted octanol–water partition coefficient (Wildman–Crippen LogP) is 5.28. The van der Waals surface area contributed by atoms with Crippen LogP contribution in [-0.2, 0) is 16.1 Å². The van der Waals surface area contributed by atoms with Gasteiger partial charge in [-0.25, -0.2) is 14.8 Å². The minimum absolute atomic E-state index is 0.0705. The number of fused-ring (bicyclic) bond motifs is 2. The Bertz CT molecular complexity index is 1420. The first-order valence-electron chi connectivity index (χ1n) is 13.9. The first kappa shape index (κ1) is 28.6. The van der Waals surface area contributed by atoms with Crippen LogP contribution in [0.15, 0.2) is 36.5 Å². The smallest absolute Gasteiger partial charge is 0.340 e. The minimum atomic E-state index is -1.24. The van der Waals surface area contributed by atoms with Crippen molar-refractivity contribution in [3.63, 3.8) is 0 Å². The van der Waals surface area contributed by atoms with E-state index in [2.05, 4.69) is 28.3 Å². The van der Waals surface area contributed by atoms with Crippen LogP contribution in [-0.4, -0.2) is 50.0 Å². The lowest BCUT2D eigenvalue weighted by Crippen LogP contribution is -2.50. The van der Waals surface area contributed by atoms with Crippen LogP contribution in [0.3, 0.4) is 0 Å². The molecule has 0 bridgehead atoms. The van der Waals surface area contributed by atoms with Crippen molar-refractivity contribution < 1.29 is 18.8 Å². The van der Waals surface area contributed by atoms with Crippen LogP contribution in [0.1, 0.15) is 88.5 Å². The second-order valence-corrected chi connectivity index (χ2v) is 14.1. The van der Waals surface area contributed by atoms with E-state index < -0.39 is 21.7 Å². The number of aromatic nitrogens is 2. The number of carbonyl (C=O) groups excluding carboxylic acids is 1. The maximum Gasteiger partial charge on any atom is 0.340 e. The zero-order valence-corrected chi connectivity index (χ0v) is 25.1. The first-order valence-corrected chi connectivity index (χ1v) is 15.0. The highest BCUT2D eigenvalue weighted by Gasteiger charge is 2.40. The summed E-state index contributed by atoms with van der Waals surface area (Å²) in [5, 5.41) is 8.44. The van der Waals surface area contributed by atoms with Gasteiger partial charge in [0.25, 0.3) is 0 Å². The molecule has 214 valence electrons. The number of carbonyl (C=O) groups is 1. The summed E-state index contributed by atoms with van der Waals surface area (Å²) in [7, 11) is 0. The number of ether oxygens (including phenoxy) is 2. The van der Waals surface area contributed by atoms with Gasteiger partial charge in [0, 0.05) is 42.0 Å². The van der Waals surface area contributed by atoms with Gasteiger partial charge >= 0.3 is 5.97 Å². The molecule has 1 saturated heterocycles. The van der Waals surface area contributed by atoms with Crippen LogP contribution < -0.4 is 20.1 Å². The number of pyridine rings is 2. The first-order chi connectivity index (χ1) is 18.9. The molecule has 2 aliphatic rings. The van der Waals surface area contributed by atoms with Crippen molar-refractivity contribution in [3.8, 4) is 5.75 Å². The normalized spacial score (nSPS) is 20.3. The number of hydrogen-bond donors (Lipinski definition) is 3. The molecule has 3 aromatic rings. The Morgan fingerprint density at radius 3 is 2.60 bits per heavy atom. The van der Waals surface area contributed by atoms with E-state index in [9.17, 15) is 9.35 Å². The number of anilines is 2. The van der Waals surface area contributed by atoms with Gasteiger partial charge in [-0.15, -0.1) is 4.72 Å². The summed E-state index contributed by atoms with van der Waals surface area (Å²) in [6, 6.07) is 9.42. The molecule has 40 heavy (non-hydrogen) atoms. The van der Waals surface area contributed by atoms with Gasteiger partial charge in [-0.3, -0.25) is 0 Å². The molecule has 0 amide bonds. The molecule has 1 aromatic carbocycles. The molecule has 1 unspecified atom stereocenters. The van der Waals surface area contributed by atoms with Crippen LogP contribution in [0.25, 0.3) is 10.8 Å². The quantitative estimate of drug-likeness (QED) is 0.247. The summed E-state index contributed by atoms with van der Waals surface area (Å²) >= 11 is -1.24. The molecule has 10 heteroatoms. The molecular formula is C30H39N5O4S. The van der Waals surface area contributed by atoms with Crippen molar-refractivity contribution in [2.24, 2.45) is 0 Å². The highest BCUT2D eigenvalue weighted by atomic mass is 32.2. The molecule has 3 N–H and O–H groups in total. The number of esters is 1. The van der Waals surface area contributed by atoms with Crippen LogP contribution in [0, 0.1) is 0 Å². The van der Waals surface area contributed by atoms with Gasteiger partial charge in [-0.05, 0) is 76.3 Å². The molecule has 5 rings (SSSR count). The Labute approximate surface area is 239 Å². The molecule has 2 aromatic heterocycles. The number of rotatable bonds is 8. The van der Waals surface area contributed by atoms with Gasteiger partial charge in [0.05, 0.1) is 17.3 Å². The Morgan fingerprint density at radius 1 is 1.20 bits per heavy atom. The SMILES string of the molecule is CC[C@@H](N[S+]([O-])C(C)(C)C)c1ccc(OC2CNC2)c2cnc(Nc3ccc4c(n3)[C@@H](C)C(C)(C)OC4=O)cc12. The monoisotopic (exact) mass is 565 g/mol. The number of nitrogens with one attached hydrogen (secondary N) is 3. The van der Waals surface area contributed by atoms with Gasteiger partial charge in [-0.2, -0.15) is 0 Å². The van der Waals surface area contributed by atoms with Gasteiger partial charge in [0.15, 0.2) is 0 Å². The van der Waals surface area contributed by atoms with E-state index in [1.165, 1.54) is 0 Å². The van der Waals surface area contributed by atoms with Crippen LogP contribution in [0.5, 0.6) is 5.75 Å². The highest BCUT2D eigenvalue weighted by molar-refractivity contribution is 7.90. The fraction of sp³-hybridized carbons (Fsp3) is 0.500. The van der Waals surface area contributed by atoms with Gasteiger partial charge in [-0.1, -0.05) is 19.9 Å². The standard InChI is InChI=1S/C30H39N5O4S/c1-8-23(35-40(37)29(3,4)5)19-9-11-24(38-18-14-31-15-18)22-16-32-26(13-21(19)22)33-25-12-10-20-27(34-25)17(2)30(6,7)39-28(20)36/h9-13,16-18,23,31,35H,8,14-15H2,1-7H3,(H,32,33,34)/t17-,23-,40?/m1/s1. The average Bonchev–Trinajstić information content (AvgIpc) is 2.87. The van der Waals surface area contributed by atoms with Gasteiger partial charge in [0.2, 0.25) is 0 Å². The second kappa shape index (κ2) is 10.8. The topological polar surface area (TPSA) is 120 Å². The molecule has 9 nitrogen and oxygen atoms in total. The highest BCUT2D eigenvalue weighted by Crippen LogP contribution is 2.39. The van der Waals surface area contributed by atoms with Crippen molar-refractivity contribution in [3.05, 3.63) is 53.3 Å². The molecular weight excluding hydrogens is 526 g/mol. The predicted molar refractivity (Wildman–Crippen MR) is 159 cm³/mol. The van der Waals surface area contributed by atoms with E-state index in [0.717, 1.165) is 41.6 Å².